The molecule has 2 aromatic rings. The van der Waals surface area contributed by atoms with Gasteiger partial charge in [-0.1, -0.05) is 19.1 Å². The molecule has 3 aliphatic rings. The number of amides is 1. The lowest BCUT2D eigenvalue weighted by Crippen LogP contribution is -2.43. The van der Waals surface area contributed by atoms with Gasteiger partial charge < -0.3 is 14.4 Å². The van der Waals surface area contributed by atoms with Crippen molar-refractivity contribution in [3.05, 3.63) is 53.8 Å². The van der Waals surface area contributed by atoms with Gasteiger partial charge in [0.1, 0.15) is 5.82 Å². The standard InChI is InChI=1S/C23H25FN2O6S/c1-2-15-3-8-19(9-4-15)33(28,29)32-22-14-26(23(27)31-22)16-5-10-21(20(24)11-16)25-12-17-6-7-18(13-25)30-17/h3-5,8-11,17-18,22H,2,6-7,12-14H2,1H3. The minimum Gasteiger partial charge on any atom is -0.416 e. The highest BCUT2D eigenvalue weighted by Gasteiger charge is 2.38. The molecular weight excluding hydrogens is 451 g/mol. The van der Waals surface area contributed by atoms with E-state index in [2.05, 4.69) is 0 Å². The van der Waals surface area contributed by atoms with Crippen LogP contribution in [0.5, 0.6) is 0 Å². The zero-order chi connectivity index (χ0) is 23.2. The second-order valence-corrected chi connectivity index (χ2v) is 10.0. The number of hydrogen-bond acceptors (Lipinski definition) is 7. The number of nitrogens with zero attached hydrogens (tertiary/aromatic N) is 2. The molecule has 3 unspecified atom stereocenters. The minimum absolute atomic E-state index is 0.0240. The summed E-state index contributed by atoms with van der Waals surface area (Å²) >= 11 is 0. The molecule has 3 saturated heterocycles. The van der Waals surface area contributed by atoms with Gasteiger partial charge in [-0.2, -0.15) is 8.42 Å². The second kappa shape index (κ2) is 8.58. The van der Waals surface area contributed by atoms with Crippen molar-refractivity contribution in [2.24, 2.45) is 0 Å². The van der Waals surface area contributed by atoms with Gasteiger partial charge in [-0.15, -0.1) is 0 Å². The molecule has 3 fully saturated rings. The third-order valence-electron chi connectivity index (χ3n) is 6.27. The molecule has 10 heteroatoms. The van der Waals surface area contributed by atoms with E-state index in [9.17, 15) is 17.6 Å². The number of halogens is 1. The van der Waals surface area contributed by atoms with Crippen LogP contribution >= 0.6 is 0 Å². The highest BCUT2D eigenvalue weighted by molar-refractivity contribution is 7.86. The van der Waals surface area contributed by atoms with Crippen LogP contribution in [0.4, 0.5) is 20.6 Å². The van der Waals surface area contributed by atoms with E-state index in [1.54, 1.807) is 24.3 Å². The number of carbonyl (C=O) groups is 1. The molecule has 0 aliphatic carbocycles. The number of aryl methyl sites for hydroxylation is 1. The Hall–Kier alpha value is -2.69. The smallest absolute Gasteiger partial charge is 0.416 e. The first kappa shape index (κ1) is 22.1. The van der Waals surface area contributed by atoms with E-state index >= 15 is 0 Å². The Balaban J connectivity index is 1.27. The Labute approximate surface area is 192 Å². The SMILES string of the molecule is CCc1ccc(S(=O)(=O)OC2CN(c3ccc(N4CC5CCC(C4)O5)c(F)c3)C(=O)O2)cc1. The maximum atomic E-state index is 15.0. The third-order valence-corrected chi connectivity index (χ3v) is 7.58. The predicted molar refractivity (Wildman–Crippen MR) is 118 cm³/mol. The van der Waals surface area contributed by atoms with E-state index in [4.69, 9.17) is 13.7 Å². The summed E-state index contributed by atoms with van der Waals surface area (Å²) in [6.45, 7) is 3.05. The number of rotatable bonds is 6. The van der Waals surface area contributed by atoms with Crippen molar-refractivity contribution in [3.63, 3.8) is 0 Å². The van der Waals surface area contributed by atoms with Crippen molar-refractivity contribution < 1.29 is 31.3 Å². The predicted octanol–water partition coefficient (Wildman–Crippen LogP) is 3.44. The monoisotopic (exact) mass is 476 g/mol. The largest absolute Gasteiger partial charge is 0.416 e. The summed E-state index contributed by atoms with van der Waals surface area (Å²) in [6, 6.07) is 10.8. The van der Waals surface area contributed by atoms with Crippen molar-refractivity contribution in [1.82, 2.24) is 0 Å². The van der Waals surface area contributed by atoms with Gasteiger partial charge >= 0.3 is 6.09 Å². The summed E-state index contributed by atoms with van der Waals surface area (Å²) < 4.78 is 56.1. The van der Waals surface area contributed by atoms with Crippen LogP contribution in [-0.4, -0.2) is 52.6 Å². The highest BCUT2D eigenvalue weighted by Crippen LogP contribution is 2.33. The van der Waals surface area contributed by atoms with E-state index in [1.165, 1.54) is 18.2 Å². The van der Waals surface area contributed by atoms with Crippen molar-refractivity contribution >= 4 is 27.6 Å². The third kappa shape index (κ3) is 4.42. The highest BCUT2D eigenvalue weighted by atomic mass is 32.2. The fourth-order valence-corrected chi connectivity index (χ4v) is 5.48. The van der Waals surface area contributed by atoms with Crippen molar-refractivity contribution in [2.75, 3.05) is 29.4 Å². The van der Waals surface area contributed by atoms with Gasteiger partial charge in [-0.05, 0) is 55.2 Å². The number of carbonyl (C=O) groups excluding carboxylic acids is 1. The maximum Gasteiger partial charge on any atom is 0.416 e. The number of fused-ring (bicyclic) bond motifs is 2. The van der Waals surface area contributed by atoms with Gasteiger partial charge in [0.05, 0.1) is 35.0 Å². The summed E-state index contributed by atoms with van der Waals surface area (Å²) in [4.78, 5) is 15.5. The van der Waals surface area contributed by atoms with Crippen LogP contribution in [0.3, 0.4) is 0 Å². The maximum absolute atomic E-state index is 15.0. The molecule has 0 aromatic heterocycles. The first-order chi connectivity index (χ1) is 15.8. The summed E-state index contributed by atoms with van der Waals surface area (Å²) in [5, 5.41) is 0. The molecule has 8 nitrogen and oxygen atoms in total. The molecule has 176 valence electrons. The van der Waals surface area contributed by atoms with Gasteiger partial charge in [0.25, 0.3) is 10.1 Å². The van der Waals surface area contributed by atoms with E-state index in [0.717, 1.165) is 29.7 Å². The Morgan fingerprint density at radius 3 is 2.39 bits per heavy atom. The van der Waals surface area contributed by atoms with E-state index in [0.29, 0.717) is 18.8 Å². The topological polar surface area (TPSA) is 85.4 Å². The van der Waals surface area contributed by atoms with Crippen LogP contribution < -0.4 is 9.80 Å². The molecule has 0 spiro atoms. The minimum atomic E-state index is -4.13. The number of ether oxygens (including phenoxy) is 2. The van der Waals surface area contributed by atoms with Gasteiger partial charge in [0.15, 0.2) is 0 Å². The number of morpholine rings is 1. The average Bonchev–Trinajstić information content (AvgIpc) is 3.33. The Morgan fingerprint density at radius 1 is 1.06 bits per heavy atom. The van der Waals surface area contributed by atoms with Crippen LogP contribution in [0.15, 0.2) is 47.4 Å². The van der Waals surface area contributed by atoms with Crippen molar-refractivity contribution in [1.29, 1.82) is 0 Å². The first-order valence-corrected chi connectivity index (χ1v) is 12.4. The molecule has 0 radical (unpaired) electrons. The molecule has 0 saturated carbocycles. The van der Waals surface area contributed by atoms with Crippen molar-refractivity contribution in [3.8, 4) is 0 Å². The summed E-state index contributed by atoms with van der Waals surface area (Å²) in [7, 11) is -4.13. The average molecular weight is 477 g/mol. The van der Waals surface area contributed by atoms with E-state index in [-0.39, 0.29) is 29.3 Å². The lowest BCUT2D eigenvalue weighted by atomic mass is 10.2. The molecule has 33 heavy (non-hydrogen) atoms. The molecule has 1 amide bonds. The quantitative estimate of drug-likeness (QED) is 0.591. The van der Waals surface area contributed by atoms with Gasteiger partial charge in [-0.3, -0.25) is 4.90 Å². The lowest BCUT2D eigenvalue weighted by Gasteiger charge is -2.34. The Morgan fingerprint density at radius 2 is 1.76 bits per heavy atom. The molecule has 3 heterocycles. The molecule has 3 atom stereocenters. The molecule has 0 N–H and O–H groups in total. The van der Waals surface area contributed by atoms with Crippen LogP contribution in [-0.2, 0) is 30.2 Å². The van der Waals surface area contributed by atoms with E-state index in [1.807, 2.05) is 11.8 Å². The Kier molecular flexibility index (Phi) is 5.75. The lowest BCUT2D eigenvalue weighted by molar-refractivity contribution is 0.0107. The molecular formula is C23H25FN2O6S. The van der Waals surface area contributed by atoms with Crippen LogP contribution in [0.25, 0.3) is 0 Å². The van der Waals surface area contributed by atoms with Gasteiger partial charge in [0.2, 0.25) is 6.29 Å². The fraction of sp³-hybridized carbons (Fsp3) is 0.435. The zero-order valence-electron chi connectivity index (χ0n) is 18.1. The second-order valence-electron chi connectivity index (χ2n) is 8.47. The van der Waals surface area contributed by atoms with Gasteiger partial charge in [-0.25, -0.2) is 13.4 Å². The number of anilines is 2. The fourth-order valence-electron chi connectivity index (χ4n) is 4.52. The van der Waals surface area contributed by atoms with Gasteiger partial charge in [0, 0.05) is 13.1 Å². The van der Waals surface area contributed by atoms with Crippen LogP contribution in [0, 0.1) is 5.82 Å². The number of benzene rings is 2. The number of hydrogen-bond donors (Lipinski definition) is 0. The molecule has 2 bridgehead atoms. The van der Waals surface area contributed by atoms with Crippen LogP contribution in [0.2, 0.25) is 0 Å². The normalized spacial score (nSPS) is 24.9. The summed E-state index contributed by atoms with van der Waals surface area (Å²) in [6.07, 6.45) is 0.849. The number of cyclic esters (lactones) is 1. The molecule has 5 rings (SSSR count). The summed E-state index contributed by atoms with van der Waals surface area (Å²) in [5.41, 5.74) is 1.72. The van der Waals surface area contributed by atoms with Crippen molar-refractivity contribution in [2.45, 2.75) is 49.6 Å². The molecule has 2 aromatic carbocycles. The zero-order valence-corrected chi connectivity index (χ0v) is 19.0. The first-order valence-electron chi connectivity index (χ1n) is 11.0. The summed E-state index contributed by atoms with van der Waals surface area (Å²) in [5.74, 6) is -0.463. The Bertz CT molecular complexity index is 1140. The van der Waals surface area contributed by atoms with E-state index < -0.39 is 28.3 Å². The molecule has 3 aliphatic heterocycles. The van der Waals surface area contributed by atoms with Crippen LogP contribution in [0.1, 0.15) is 25.3 Å².